The zero-order valence-electron chi connectivity index (χ0n) is 21.6. The summed E-state index contributed by atoms with van der Waals surface area (Å²) in [6.45, 7) is 1.77. The number of benzene rings is 1. The molecule has 7 nitrogen and oxygen atoms in total. The molecule has 0 aromatic heterocycles. The van der Waals surface area contributed by atoms with Gasteiger partial charge in [-0.2, -0.15) is 0 Å². The van der Waals surface area contributed by atoms with Crippen molar-refractivity contribution in [2.75, 3.05) is 6.61 Å². The number of hydrogen-bond donors (Lipinski definition) is 1. The summed E-state index contributed by atoms with van der Waals surface area (Å²) in [7, 11) is -3.97. The van der Waals surface area contributed by atoms with Crippen molar-refractivity contribution in [2.45, 2.75) is 75.2 Å². The molecule has 4 aliphatic carbocycles. The topological polar surface area (TPSA) is 113 Å². The van der Waals surface area contributed by atoms with E-state index in [1.165, 1.54) is 23.8 Å². The van der Waals surface area contributed by atoms with Crippen LogP contribution in [0.2, 0.25) is 5.02 Å². The Bertz CT molecular complexity index is 1330. The number of sulfonamides is 1. The summed E-state index contributed by atoms with van der Waals surface area (Å²) in [6.07, 6.45) is 16.0. The van der Waals surface area contributed by atoms with Gasteiger partial charge in [0.05, 0.1) is 5.02 Å². The van der Waals surface area contributed by atoms with Crippen LogP contribution in [0.3, 0.4) is 0 Å². The highest BCUT2D eigenvalue weighted by molar-refractivity contribution is 7.89. The molecule has 0 bridgehead atoms. The standard InChI is InChI=1S/C29H34ClNO6S/c1-3-28-13-11-22-21-9-6-19(32)15-18(21)5-8-23(22)24(28)12-14-29(28,4-2)37-27(33)17-36-20-7-10-26(25(30)16-20)38(31,34)35/h2,7,10,15-16,21-24H,3,5-6,8-9,11-14,17H2,1H3,(H2,31,34,35)/t21?,22?,23?,24?,28-,29-/m0/s1. The van der Waals surface area contributed by atoms with E-state index in [-0.39, 0.29) is 33.5 Å². The molecule has 9 heteroatoms. The van der Waals surface area contributed by atoms with Crippen molar-refractivity contribution in [1.29, 1.82) is 0 Å². The van der Waals surface area contributed by atoms with E-state index in [1.807, 2.05) is 6.08 Å². The van der Waals surface area contributed by atoms with Gasteiger partial charge in [0, 0.05) is 17.9 Å². The number of terminal acetylenes is 1. The minimum Gasteiger partial charge on any atom is -0.482 e. The summed E-state index contributed by atoms with van der Waals surface area (Å²) < 4.78 is 34.9. The monoisotopic (exact) mass is 559 g/mol. The second-order valence-corrected chi connectivity index (χ2v) is 13.2. The Kier molecular flexibility index (Phi) is 7.17. The van der Waals surface area contributed by atoms with Crippen molar-refractivity contribution in [3.8, 4) is 18.1 Å². The summed E-state index contributed by atoms with van der Waals surface area (Å²) >= 11 is 6.03. The van der Waals surface area contributed by atoms with Gasteiger partial charge in [0.15, 0.2) is 18.0 Å². The fourth-order valence-electron chi connectivity index (χ4n) is 8.29. The Morgan fingerprint density at radius 3 is 2.66 bits per heavy atom. The third kappa shape index (κ3) is 4.47. The van der Waals surface area contributed by atoms with Gasteiger partial charge in [0.1, 0.15) is 10.6 Å². The number of allylic oxidation sites excluding steroid dienone is 1. The summed E-state index contributed by atoms with van der Waals surface area (Å²) in [5, 5.41) is 5.06. The Labute approximate surface area is 229 Å². The predicted octanol–water partition coefficient (Wildman–Crippen LogP) is 4.81. The zero-order chi connectivity index (χ0) is 27.3. The van der Waals surface area contributed by atoms with Crippen LogP contribution in [0, 0.1) is 41.4 Å². The van der Waals surface area contributed by atoms with E-state index in [4.69, 9.17) is 32.6 Å². The van der Waals surface area contributed by atoms with Crippen molar-refractivity contribution in [3.63, 3.8) is 0 Å². The van der Waals surface area contributed by atoms with E-state index in [0.717, 1.165) is 44.9 Å². The molecule has 0 heterocycles. The molecule has 5 rings (SSSR count). The smallest absolute Gasteiger partial charge is 0.345 e. The lowest BCUT2D eigenvalue weighted by molar-refractivity contribution is -0.175. The molecule has 204 valence electrons. The summed E-state index contributed by atoms with van der Waals surface area (Å²) in [5.41, 5.74) is 0.0598. The number of nitrogens with two attached hydrogens (primary N) is 1. The number of carbonyl (C=O) groups is 2. The molecule has 0 aliphatic heterocycles. The molecule has 0 amide bonds. The first-order valence-corrected chi connectivity index (χ1v) is 15.3. The van der Waals surface area contributed by atoms with Crippen LogP contribution in [0.5, 0.6) is 5.75 Å². The molecule has 6 atom stereocenters. The SMILES string of the molecule is C#C[C@]1(OC(=O)COc2ccc(S(N)(=O)=O)c(Cl)c2)CCC2C3CCC4=CC(=O)CCC4C3CC[C@@]21CC. The molecular weight excluding hydrogens is 526 g/mol. The molecule has 38 heavy (non-hydrogen) atoms. The Balaban J connectivity index is 1.31. The number of fused-ring (bicyclic) bond motifs is 5. The quantitative estimate of drug-likeness (QED) is 0.395. The summed E-state index contributed by atoms with van der Waals surface area (Å²) in [5.74, 6) is 4.80. The van der Waals surface area contributed by atoms with Gasteiger partial charge in [-0.25, -0.2) is 18.4 Å². The van der Waals surface area contributed by atoms with Crippen LogP contribution in [-0.2, 0) is 24.3 Å². The Morgan fingerprint density at radius 2 is 1.97 bits per heavy atom. The first kappa shape index (κ1) is 27.2. The third-order valence-electron chi connectivity index (χ3n) is 9.84. The predicted molar refractivity (Wildman–Crippen MR) is 143 cm³/mol. The summed E-state index contributed by atoms with van der Waals surface area (Å²) in [4.78, 5) is 24.8. The first-order valence-electron chi connectivity index (χ1n) is 13.4. The highest BCUT2D eigenvalue weighted by Gasteiger charge is 2.65. The maximum absolute atomic E-state index is 13.1. The van der Waals surface area contributed by atoms with E-state index in [0.29, 0.717) is 36.5 Å². The van der Waals surface area contributed by atoms with Crippen molar-refractivity contribution >= 4 is 33.4 Å². The second kappa shape index (κ2) is 10.0. The van der Waals surface area contributed by atoms with Gasteiger partial charge in [-0.3, -0.25) is 4.79 Å². The van der Waals surface area contributed by atoms with Gasteiger partial charge in [0.25, 0.3) is 0 Å². The lowest BCUT2D eigenvalue weighted by atomic mass is 9.49. The van der Waals surface area contributed by atoms with Crippen LogP contribution in [-0.4, -0.2) is 32.4 Å². The fourth-order valence-corrected chi connectivity index (χ4v) is 9.37. The molecule has 4 aliphatic rings. The molecule has 4 unspecified atom stereocenters. The van der Waals surface area contributed by atoms with Crippen molar-refractivity contribution < 1.29 is 27.5 Å². The van der Waals surface area contributed by atoms with E-state index < -0.39 is 21.6 Å². The van der Waals surface area contributed by atoms with Crippen LogP contribution in [0.1, 0.15) is 64.7 Å². The van der Waals surface area contributed by atoms with Gasteiger partial charge in [0.2, 0.25) is 10.0 Å². The second-order valence-electron chi connectivity index (χ2n) is 11.3. The van der Waals surface area contributed by atoms with E-state index in [9.17, 15) is 18.0 Å². The average molecular weight is 560 g/mol. The number of ether oxygens (including phenoxy) is 2. The number of rotatable bonds is 6. The van der Waals surface area contributed by atoms with Crippen LogP contribution in [0.4, 0.5) is 0 Å². The number of primary sulfonamides is 1. The molecule has 0 spiro atoms. The van der Waals surface area contributed by atoms with Gasteiger partial charge in [-0.15, -0.1) is 6.42 Å². The molecule has 0 saturated heterocycles. The molecule has 3 saturated carbocycles. The number of hydrogen-bond acceptors (Lipinski definition) is 6. The van der Waals surface area contributed by atoms with E-state index in [1.54, 1.807) is 0 Å². The Morgan fingerprint density at radius 1 is 1.18 bits per heavy atom. The average Bonchev–Trinajstić information content (AvgIpc) is 3.21. The lowest BCUT2D eigenvalue weighted by Crippen LogP contribution is -2.55. The van der Waals surface area contributed by atoms with Crippen molar-refractivity contribution in [1.82, 2.24) is 0 Å². The first-order chi connectivity index (χ1) is 18.0. The van der Waals surface area contributed by atoms with Gasteiger partial charge < -0.3 is 9.47 Å². The minimum absolute atomic E-state index is 0.0911. The van der Waals surface area contributed by atoms with Crippen LogP contribution < -0.4 is 9.88 Å². The number of ketones is 1. The van der Waals surface area contributed by atoms with Gasteiger partial charge >= 0.3 is 5.97 Å². The lowest BCUT2D eigenvalue weighted by Gasteiger charge is -2.56. The Hall–Kier alpha value is -2.34. The van der Waals surface area contributed by atoms with Gasteiger partial charge in [-0.05, 0) is 93.2 Å². The highest BCUT2D eigenvalue weighted by atomic mass is 35.5. The van der Waals surface area contributed by atoms with Crippen LogP contribution in [0.25, 0.3) is 0 Å². The molecule has 1 aromatic rings. The maximum Gasteiger partial charge on any atom is 0.345 e. The molecule has 3 fully saturated rings. The van der Waals surface area contributed by atoms with E-state index >= 15 is 0 Å². The molecule has 2 N–H and O–H groups in total. The molecular formula is C29H34ClNO6S. The van der Waals surface area contributed by atoms with E-state index in [2.05, 4.69) is 12.8 Å². The third-order valence-corrected chi connectivity index (χ3v) is 11.2. The van der Waals surface area contributed by atoms with Crippen molar-refractivity contribution in [2.24, 2.45) is 34.2 Å². The molecule has 0 radical (unpaired) electrons. The largest absolute Gasteiger partial charge is 0.482 e. The number of carbonyl (C=O) groups excluding carboxylic acids is 2. The normalized spacial score (nSPS) is 34.3. The number of halogens is 1. The number of esters is 1. The summed E-state index contributed by atoms with van der Waals surface area (Å²) in [6, 6.07) is 3.93. The minimum atomic E-state index is -3.97. The maximum atomic E-state index is 13.1. The van der Waals surface area contributed by atoms with Crippen molar-refractivity contribution in [3.05, 3.63) is 34.9 Å². The van der Waals surface area contributed by atoms with Gasteiger partial charge in [-0.1, -0.05) is 30.0 Å². The fraction of sp³-hybridized carbons (Fsp3) is 0.586. The molecule has 1 aromatic carbocycles. The van der Waals surface area contributed by atoms with Crippen LogP contribution in [0.15, 0.2) is 34.7 Å². The highest BCUT2D eigenvalue weighted by Crippen LogP contribution is 2.67. The zero-order valence-corrected chi connectivity index (χ0v) is 23.2. The van der Waals surface area contributed by atoms with Crippen LogP contribution >= 0.6 is 11.6 Å².